The second-order valence-corrected chi connectivity index (χ2v) is 9.18. The lowest BCUT2D eigenvalue weighted by molar-refractivity contribution is 0.418. The van der Waals surface area contributed by atoms with E-state index in [0.29, 0.717) is 0 Å². The highest BCUT2D eigenvalue weighted by Crippen LogP contribution is 2.41. The van der Waals surface area contributed by atoms with Crippen molar-refractivity contribution in [2.45, 2.75) is 24.1 Å². The summed E-state index contributed by atoms with van der Waals surface area (Å²) in [6, 6.07) is 9.31. The molecule has 3 rings (SSSR count). The van der Waals surface area contributed by atoms with Gasteiger partial charge in [-0.05, 0) is 38.1 Å². The third-order valence-corrected chi connectivity index (χ3v) is 7.58. The SMILES string of the molecule is C[C@@]1(c2ccccc2F)C(=N)N[C@](C)(c2cc(N)ccc2F)CS1(=O)=O. The van der Waals surface area contributed by atoms with E-state index >= 15 is 0 Å². The van der Waals surface area contributed by atoms with Gasteiger partial charge in [0.15, 0.2) is 14.6 Å². The summed E-state index contributed by atoms with van der Waals surface area (Å²) in [4.78, 5) is 0. The molecule has 1 heterocycles. The normalized spacial score (nSPS) is 27.8. The first-order valence-electron chi connectivity index (χ1n) is 7.91. The van der Waals surface area contributed by atoms with Gasteiger partial charge in [0.25, 0.3) is 0 Å². The molecule has 1 aliphatic rings. The number of nitrogen functional groups attached to an aromatic ring is 1. The fourth-order valence-corrected chi connectivity index (χ4v) is 5.51. The van der Waals surface area contributed by atoms with Crippen molar-refractivity contribution in [3.8, 4) is 0 Å². The maximum Gasteiger partial charge on any atom is 0.169 e. The molecule has 1 aliphatic heterocycles. The Balaban J connectivity index is 2.16. The summed E-state index contributed by atoms with van der Waals surface area (Å²) in [5.74, 6) is -2.29. The van der Waals surface area contributed by atoms with Gasteiger partial charge in [0.1, 0.15) is 17.5 Å². The highest BCUT2D eigenvalue weighted by Gasteiger charge is 2.55. The smallest absolute Gasteiger partial charge is 0.169 e. The first kappa shape index (κ1) is 18.3. The number of anilines is 1. The first-order valence-corrected chi connectivity index (χ1v) is 9.56. The largest absolute Gasteiger partial charge is 0.399 e. The van der Waals surface area contributed by atoms with E-state index in [9.17, 15) is 17.2 Å². The number of sulfone groups is 1. The number of hydrogen-bond donors (Lipinski definition) is 3. The lowest BCUT2D eigenvalue weighted by Gasteiger charge is -2.45. The van der Waals surface area contributed by atoms with Crippen LogP contribution in [0.3, 0.4) is 0 Å². The Hall–Kier alpha value is -2.48. The minimum atomic E-state index is -4.07. The standard InChI is InChI=1S/C18H19F2N3O2S/c1-17(13-9-11(21)7-8-15(13)20)10-26(24,25)18(2,16(22)23-17)12-5-3-4-6-14(12)19/h3-9H,10,21H2,1-2H3,(H2,22,23)/t17-,18+/m0/s1. The highest BCUT2D eigenvalue weighted by molar-refractivity contribution is 7.93. The number of benzene rings is 2. The summed E-state index contributed by atoms with van der Waals surface area (Å²) in [6.45, 7) is 2.77. The van der Waals surface area contributed by atoms with Gasteiger partial charge in [-0.2, -0.15) is 0 Å². The average molecular weight is 379 g/mol. The molecule has 0 saturated carbocycles. The van der Waals surface area contributed by atoms with Crippen LogP contribution in [0.1, 0.15) is 25.0 Å². The predicted octanol–water partition coefficient (Wildman–Crippen LogP) is 2.67. The molecule has 4 N–H and O–H groups in total. The van der Waals surface area contributed by atoms with Crippen LogP contribution in [-0.2, 0) is 20.1 Å². The van der Waals surface area contributed by atoms with Crippen molar-refractivity contribution in [3.63, 3.8) is 0 Å². The molecule has 138 valence electrons. The van der Waals surface area contributed by atoms with Crippen molar-refractivity contribution < 1.29 is 17.2 Å². The van der Waals surface area contributed by atoms with Crippen molar-refractivity contribution in [1.82, 2.24) is 5.32 Å². The zero-order valence-electron chi connectivity index (χ0n) is 14.3. The predicted molar refractivity (Wildman–Crippen MR) is 96.6 cm³/mol. The molecule has 0 radical (unpaired) electrons. The molecule has 0 bridgehead atoms. The monoisotopic (exact) mass is 379 g/mol. The Bertz CT molecular complexity index is 1010. The minimum Gasteiger partial charge on any atom is -0.399 e. The summed E-state index contributed by atoms with van der Waals surface area (Å²) < 4.78 is 53.0. The van der Waals surface area contributed by atoms with E-state index < -0.39 is 43.3 Å². The van der Waals surface area contributed by atoms with Gasteiger partial charge in [-0.3, -0.25) is 5.41 Å². The third kappa shape index (κ3) is 2.56. The molecule has 2 aromatic rings. The molecule has 2 atom stereocenters. The van der Waals surface area contributed by atoms with Crippen LogP contribution in [-0.4, -0.2) is 20.0 Å². The zero-order valence-corrected chi connectivity index (χ0v) is 15.1. The molecule has 26 heavy (non-hydrogen) atoms. The number of rotatable bonds is 2. The number of nitrogens with two attached hydrogens (primary N) is 1. The van der Waals surface area contributed by atoms with Gasteiger partial charge in [0.05, 0.1) is 11.3 Å². The number of amidine groups is 1. The molecular weight excluding hydrogens is 360 g/mol. The molecule has 0 aliphatic carbocycles. The molecule has 0 unspecified atom stereocenters. The Morgan fingerprint density at radius 1 is 1.08 bits per heavy atom. The van der Waals surface area contributed by atoms with Crippen LogP contribution >= 0.6 is 0 Å². The third-order valence-electron chi connectivity index (χ3n) is 4.95. The molecule has 0 amide bonds. The van der Waals surface area contributed by atoms with Gasteiger partial charge in [-0.15, -0.1) is 0 Å². The quantitative estimate of drug-likeness (QED) is 0.699. The number of halogens is 2. The van der Waals surface area contributed by atoms with Crippen LogP contribution in [0.4, 0.5) is 14.5 Å². The lowest BCUT2D eigenvalue weighted by atomic mass is 9.89. The summed E-state index contributed by atoms with van der Waals surface area (Å²) in [5, 5.41) is 11.1. The van der Waals surface area contributed by atoms with Crippen molar-refractivity contribution in [1.29, 1.82) is 5.41 Å². The molecule has 1 fully saturated rings. The van der Waals surface area contributed by atoms with Crippen LogP contribution in [0.15, 0.2) is 42.5 Å². The molecule has 0 aromatic heterocycles. The Labute approximate surface area is 150 Å². The van der Waals surface area contributed by atoms with Gasteiger partial charge in [0.2, 0.25) is 0 Å². The van der Waals surface area contributed by atoms with Crippen LogP contribution in [0.2, 0.25) is 0 Å². The average Bonchev–Trinajstić information content (AvgIpc) is 2.54. The second kappa shape index (κ2) is 5.77. The number of hydrogen-bond acceptors (Lipinski definition) is 4. The second-order valence-electron chi connectivity index (χ2n) is 6.84. The van der Waals surface area contributed by atoms with Crippen molar-refractivity contribution in [2.24, 2.45) is 0 Å². The van der Waals surface area contributed by atoms with E-state index in [1.165, 1.54) is 44.2 Å². The number of nitrogens with one attached hydrogen (secondary N) is 2. The van der Waals surface area contributed by atoms with E-state index in [0.717, 1.165) is 12.1 Å². The Kier molecular flexibility index (Phi) is 4.06. The Morgan fingerprint density at radius 2 is 1.69 bits per heavy atom. The van der Waals surface area contributed by atoms with Gasteiger partial charge >= 0.3 is 0 Å². The lowest BCUT2D eigenvalue weighted by Crippen LogP contribution is -2.63. The molecular formula is C18H19F2N3O2S. The molecule has 5 nitrogen and oxygen atoms in total. The maximum atomic E-state index is 14.3. The van der Waals surface area contributed by atoms with E-state index in [-0.39, 0.29) is 16.8 Å². The summed E-state index contributed by atoms with van der Waals surface area (Å²) >= 11 is 0. The van der Waals surface area contributed by atoms with Crippen LogP contribution in [0, 0.1) is 17.0 Å². The van der Waals surface area contributed by atoms with E-state index in [2.05, 4.69) is 5.32 Å². The topological polar surface area (TPSA) is 96.0 Å². The molecule has 2 aromatic carbocycles. The van der Waals surface area contributed by atoms with E-state index in [4.69, 9.17) is 11.1 Å². The fraction of sp³-hybridized carbons (Fsp3) is 0.278. The molecule has 1 saturated heterocycles. The van der Waals surface area contributed by atoms with Gasteiger partial charge < -0.3 is 11.1 Å². The fourth-order valence-electron chi connectivity index (χ4n) is 3.37. The van der Waals surface area contributed by atoms with Gasteiger partial charge in [-0.1, -0.05) is 18.2 Å². The molecule has 0 spiro atoms. The van der Waals surface area contributed by atoms with Crippen molar-refractivity contribution in [2.75, 3.05) is 11.5 Å². The van der Waals surface area contributed by atoms with E-state index in [1.807, 2.05) is 0 Å². The van der Waals surface area contributed by atoms with Crippen molar-refractivity contribution in [3.05, 3.63) is 65.2 Å². The van der Waals surface area contributed by atoms with E-state index in [1.54, 1.807) is 0 Å². The maximum absolute atomic E-state index is 14.3. The summed E-state index contributed by atoms with van der Waals surface area (Å²) in [5.41, 5.74) is 4.51. The van der Waals surface area contributed by atoms with Crippen LogP contribution in [0.25, 0.3) is 0 Å². The van der Waals surface area contributed by atoms with Crippen molar-refractivity contribution >= 4 is 21.4 Å². The van der Waals surface area contributed by atoms with Crippen LogP contribution in [0.5, 0.6) is 0 Å². The molecule has 8 heteroatoms. The zero-order chi connectivity index (χ0) is 19.3. The van der Waals surface area contributed by atoms with Gasteiger partial charge in [0, 0.05) is 16.8 Å². The Morgan fingerprint density at radius 3 is 2.31 bits per heavy atom. The highest BCUT2D eigenvalue weighted by atomic mass is 32.2. The van der Waals surface area contributed by atoms with Gasteiger partial charge in [-0.25, -0.2) is 17.2 Å². The summed E-state index contributed by atoms with van der Waals surface area (Å²) in [6.07, 6.45) is 0. The minimum absolute atomic E-state index is 0.0430. The summed E-state index contributed by atoms with van der Waals surface area (Å²) in [7, 11) is -4.07. The first-order chi connectivity index (χ1) is 12.0. The van der Waals surface area contributed by atoms with Crippen LogP contribution < -0.4 is 11.1 Å².